The third kappa shape index (κ3) is 6.01. The Morgan fingerprint density at radius 3 is 2.72 bits per heavy atom. The van der Waals surface area contributed by atoms with Gasteiger partial charge in [-0.15, -0.1) is 0 Å². The molecule has 8 unspecified atom stereocenters. The maximum Gasteiger partial charge on any atom is 0.224 e. The first kappa shape index (κ1) is 31.0. The number of carbonyl (C=O) groups excluding carboxylic acids is 2. The Bertz CT molecular complexity index is 1200. The number of Topliss-reactive ketones (excluding diaryl/α,β-unsaturated/α-hetero) is 1. The van der Waals surface area contributed by atoms with Crippen molar-refractivity contribution in [3.63, 3.8) is 0 Å². The summed E-state index contributed by atoms with van der Waals surface area (Å²) < 4.78 is 6.95. The number of nitrogens with zero attached hydrogens (tertiary/aromatic N) is 1. The normalized spacial score (nSPS) is 38.5. The van der Waals surface area contributed by atoms with Crippen LogP contribution in [-0.2, 0) is 20.7 Å². The second-order valence-corrected chi connectivity index (χ2v) is 15.1. The molecule has 1 saturated heterocycles. The van der Waals surface area contributed by atoms with Gasteiger partial charge in [-0.3, -0.25) is 14.5 Å². The van der Waals surface area contributed by atoms with Crippen molar-refractivity contribution >= 4 is 11.7 Å². The van der Waals surface area contributed by atoms with Crippen molar-refractivity contribution in [1.82, 2.24) is 15.5 Å². The van der Waals surface area contributed by atoms with E-state index in [2.05, 4.69) is 43.4 Å². The summed E-state index contributed by atoms with van der Waals surface area (Å²) in [5.41, 5.74) is 4.31. The number of nitrogens with one attached hydrogen (secondary N) is 2. The highest BCUT2D eigenvalue weighted by Gasteiger charge is 2.56. The van der Waals surface area contributed by atoms with Crippen LogP contribution in [0.2, 0.25) is 0 Å². The molecular formula is C37H55N3O3. The molecule has 2 N–H and O–H groups in total. The van der Waals surface area contributed by atoms with Gasteiger partial charge in [0, 0.05) is 32.5 Å². The number of benzene rings is 1. The number of fused-ring (bicyclic) bond motifs is 6. The molecule has 236 valence electrons. The van der Waals surface area contributed by atoms with Gasteiger partial charge in [0.25, 0.3) is 0 Å². The number of rotatable bonds is 6. The van der Waals surface area contributed by atoms with E-state index in [9.17, 15) is 9.59 Å². The molecule has 8 atom stereocenters. The number of likely N-dealkylation sites (N-methyl/N-ethyl adjacent to an activating group) is 1. The summed E-state index contributed by atoms with van der Waals surface area (Å²) in [5.74, 6) is 3.83. The van der Waals surface area contributed by atoms with Crippen LogP contribution in [0.3, 0.4) is 0 Å². The minimum atomic E-state index is -0.222. The summed E-state index contributed by atoms with van der Waals surface area (Å²) >= 11 is 0. The molecule has 2 heterocycles. The van der Waals surface area contributed by atoms with Crippen LogP contribution in [0.5, 0.6) is 0 Å². The third-order valence-corrected chi connectivity index (χ3v) is 12.7. The smallest absolute Gasteiger partial charge is 0.224 e. The summed E-state index contributed by atoms with van der Waals surface area (Å²) in [5, 5.41) is 7.00. The van der Waals surface area contributed by atoms with Crippen LogP contribution in [0.25, 0.3) is 0 Å². The Balaban J connectivity index is 1.17. The van der Waals surface area contributed by atoms with E-state index >= 15 is 0 Å². The number of carbonyl (C=O) groups is 2. The van der Waals surface area contributed by atoms with E-state index in [1.54, 1.807) is 5.57 Å². The standard InChI is InChI=1S/C37H55N3O3/c1-25-19-34-37(38-4,40(23-25)18-17-39-35(42)20-27-9-6-5-7-10-27)15-8-11-30-31-13-12-28-21-29(41)14-16-36(28,3)33(31)22-32(30)26(2)24-43-34/h5-7,9-10,25,28,30-31,33-34,38H,8,11-24H2,1-4H3,(H,39,42). The number of amides is 1. The second-order valence-electron chi connectivity index (χ2n) is 15.1. The zero-order valence-corrected chi connectivity index (χ0v) is 27.1. The SMILES string of the molecule is CNC12CCCC3C(=C(C)COC1CC(C)CN2CCNC(=O)Cc1ccccc1)CC1C3CCC2CC(=O)CCC21C. The maximum absolute atomic E-state index is 12.7. The quantitative estimate of drug-likeness (QED) is 0.404. The molecule has 43 heavy (non-hydrogen) atoms. The van der Waals surface area contributed by atoms with Crippen LogP contribution in [0.1, 0.15) is 90.5 Å². The van der Waals surface area contributed by atoms with Gasteiger partial charge in [0.2, 0.25) is 5.91 Å². The molecule has 1 aromatic carbocycles. The predicted molar refractivity (Wildman–Crippen MR) is 171 cm³/mol. The van der Waals surface area contributed by atoms with Crippen molar-refractivity contribution in [2.45, 2.75) is 103 Å². The van der Waals surface area contributed by atoms with E-state index < -0.39 is 0 Å². The molecule has 0 radical (unpaired) electrons. The minimum absolute atomic E-state index is 0.0864. The molecule has 3 saturated carbocycles. The van der Waals surface area contributed by atoms with Gasteiger partial charge in [-0.2, -0.15) is 0 Å². The van der Waals surface area contributed by atoms with E-state index in [1.807, 2.05) is 30.3 Å². The van der Waals surface area contributed by atoms with E-state index in [0.717, 1.165) is 56.7 Å². The molecule has 3 aliphatic carbocycles. The van der Waals surface area contributed by atoms with Gasteiger partial charge in [0.05, 0.1) is 24.8 Å². The van der Waals surface area contributed by atoms with Crippen LogP contribution >= 0.6 is 0 Å². The largest absolute Gasteiger partial charge is 0.371 e. The van der Waals surface area contributed by atoms with Crippen molar-refractivity contribution in [3.05, 3.63) is 47.0 Å². The lowest BCUT2D eigenvalue weighted by Gasteiger charge is -2.54. The summed E-state index contributed by atoms with van der Waals surface area (Å²) in [4.78, 5) is 27.7. The fourth-order valence-electron chi connectivity index (χ4n) is 10.3. The summed E-state index contributed by atoms with van der Waals surface area (Å²) in [7, 11) is 2.12. The van der Waals surface area contributed by atoms with Crippen LogP contribution in [0.15, 0.2) is 41.5 Å². The average molecular weight is 590 g/mol. The van der Waals surface area contributed by atoms with E-state index in [-0.39, 0.29) is 17.7 Å². The lowest BCUT2D eigenvalue weighted by atomic mass is 9.52. The molecule has 6 rings (SSSR count). The fourth-order valence-corrected chi connectivity index (χ4v) is 10.3. The molecular weight excluding hydrogens is 534 g/mol. The van der Waals surface area contributed by atoms with Gasteiger partial charge >= 0.3 is 0 Å². The maximum atomic E-state index is 12.7. The van der Waals surface area contributed by atoms with Gasteiger partial charge in [-0.25, -0.2) is 0 Å². The van der Waals surface area contributed by atoms with E-state index in [1.165, 1.54) is 37.7 Å². The molecule has 4 fully saturated rings. The highest BCUT2D eigenvalue weighted by molar-refractivity contribution is 5.79. The van der Waals surface area contributed by atoms with Gasteiger partial charge < -0.3 is 15.4 Å². The first-order chi connectivity index (χ1) is 20.7. The first-order valence-electron chi connectivity index (χ1n) is 17.3. The average Bonchev–Trinajstić information content (AvgIpc) is 3.37. The van der Waals surface area contributed by atoms with Crippen LogP contribution in [0.4, 0.5) is 0 Å². The summed E-state index contributed by atoms with van der Waals surface area (Å²) in [6.45, 7) is 10.4. The molecule has 1 amide bonds. The fraction of sp³-hybridized carbons (Fsp3) is 0.730. The predicted octanol–water partition coefficient (Wildman–Crippen LogP) is 5.91. The summed E-state index contributed by atoms with van der Waals surface area (Å²) in [6.07, 6.45) is 11.5. The van der Waals surface area contributed by atoms with Crippen LogP contribution in [-0.4, -0.2) is 61.6 Å². The van der Waals surface area contributed by atoms with E-state index in [4.69, 9.17) is 4.74 Å². The van der Waals surface area contributed by atoms with Crippen molar-refractivity contribution in [3.8, 4) is 0 Å². The van der Waals surface area contributed by atoms with Crippen molar-refractivity contribution in [2.75, 3.05) is 33.3 Å². The van der Waals surface area contributed by atoms with Gasteiger partial charge in [0.15, 0.2) is 0 Å². The Morgan fingerprint density at radius 2 is 1.93 bits per heavy atom. The highest BCUT2D eigenvalue weighted by Crippen LogP contribution is 2.63. The van der Waals surface area contributed by atoms with Gasteiger partial charge in [-0.1, -0.05) is 49.8 Å². The Hall–Kier alpha value is -2.02. The first-order valence-corrected chi connectivity index (χ1v) is 17.3. The summed E-state index contributed by atoms with van der Waals surface area (Å²) in [6, 6.07) is 9.99. The molecule has 0 bridgehead atoms. The number of hydrogen-bond donors (Lipinski definition) is 2. The Morgan fingerprint density at radius 1 is 1.12 bits per heavy atom. The molecule has 2 aliphatic heterocycles. The van der Waals surface area contributed by atoms with Gasteiger partial charge in [-0.05, 0) is 111 Å². The Labute approximate surface area is 259 Å². The monoisotopic (exact) mass is 589 g/mol. The van der Waals surface area contributed by atoms with Crippen molar-refractivity contribution in [2.24, 2.45) is 35.0 Å². The third-order valence-electron chi connectivity index (χ3n) is 12.7. The number of piperidine rings is 1. The van der Waals surface area contributed by atoms with Crippen molar-refractivity contribution < 1.29 is 14.3 Å². The van der Waals surface area contributed by atoms with Crippen LogP contribution in [0, 0.1) is 35.0 Å². The topological polar surface area (TPSA) is 70.7 Å². The highest BCUT2D eigenvalue weighted by atomic mass is 16.5. The number of allylic oxidation sites excluding steroid dienone is 1. The number of ketones is 1. The second kappa shape index (κ2) is 12.8. The van der Waals surface area contributed by atoms with Crippen LogP contribution < -0.4 is 10.6 Å². The van der Waals surface area contributed by atoms with Crippen molar-refractivity contribution in [1.29, 1.82) is 0 Å². The number of likely N-dealkylation sites (tertiary alicyclic amines) is 1. The lowest BCUT2D eigenvalue weighted by Crippen LogP contribution is -2.70. The number of ether oxygens (including phenoxy) is 1. The molecule has 0 spiro atoms. The molecule has 0 aromatic heterocycles. The number of hydrogen-bond acceptors (Lipinski definition) is 5. The molecule has 1 aromatic rings. The van der Waals surface area contributed by atoms with E-state index in [0.29, 0.717) is 54.4 Å². The van der Waals surface area contributed by atoms with Gasteiger partial charge in [0.1, 0.15) is 5.78 Å². The Kier molecular flexibility index (Phi) is 9.20. The minimum Gasteiger partial charge on any atom is -0.371 e. The molecule has 6 nitrogen and oxygen atoms in total. The molecule has 5 aliphatic rings. The lowest BCUT2D eigenvalue weighted by molar-refractivity contribution is -0.132. The zero-order valence-electron chi connectivity index (χ0n) is 27.1. The molecule has 6 heteroatoms. The zero-order chi connectivity index (χ0) is 30.2.